The molecule has 0 aliphatic carbocycles. The number of aryl methyl sites for hydroxylation is 1. The van der Waals surface area contributed by atoms with Gasteiger partial charge in [-0.05, 0) is 18.2 Å². The number of halogens is 12. The van der Waals surface area contributed by atoms with Gasteiger partial charge in [0, 0.05) is 17.5 Å². The Morgan fingerprint density at radius 2 is 1.48 bits per heavy atom. The van der Waals surface area contributed by atoms with Gasteiger partial charge in [-0.15, -0.1) is 11.8 Å². The summed E-state index contributed by atoms with van der Waals surface area (Å²) in [6.45, 7) is 0. The second kappa shape index (κ2) is 8.33. The van der Waals surface area contributed by atoms with Crippen molar-refractivity contribution < 1.29 is 52.7 Å². The SMILES string of the molecule is Cn1nc(C(F)(F)C(F)(F)C(F)(F)C(F)(F)F)cc1-c1ccc(C#N)c(SCC(F)(F)F)c1. The first kappa shape index (κ1) is 26.7. The Morgan fingerprint density at radius 1 is 0.909 bits per heavy atom. The molecular weight excluding hydrogens is 506 g/mol. The van der Waals surface area contributed by atoms with Crippen LogP contribution in [0.4, 0.5) is 52.7 Å². The number of rotatable bonds is 6. The summed E-state index contributed by atoms with van der Waals surface area (Å²) in [7, 11) is 0.857. The Labute approximate surface area is 181 Å². The van der Waals surface area contributed by atoms with Crippen molar-refractivity contribution >= 4 is 11.8 Å². The fraction of sp³-hybridized carbons (Fsp3) is 0.412. The third kappa shape index (κ3) is 4.87. The van der Waals surface area contributed by atoms with E-state index in [1.165, 1.54) is 0 Å². The first-order chi connectivity index (χ1) is 14.8. The summed E-state index contributed by atoms with van der Waals surface area (Å²) in [6, 6.07) is 4.57. The maximum absolute atomic E-state index is 14.1. The molecule has 0 saturated heterocycles. The van der Waals surface area contributed by atoms with Gasteiger partial charge in [0.2, 0.25) is 0 Å². The summed E-state index contributed by atoms with van der Waals surface area (Å²) in [6.07, 6.45) is -11.7. The molecule has 0 aliphatic heterocycles. The lowest BCUT2D eigenvalue weighted by atomic mass is 10.00. The van der Waals surface area contributed by atoms with Crippen LogP contribution < -0.4 is 0 Å². The van der Waals surface area contributed by atoms with E-state index < -0.39 is 47.3 Å². The van der Waals surface area contributed by atoms with Crippen molar-refractivity contribution in [3.8, 4) is 17.3 Å². The molecule has 0 unspecified atom stereocenters. The number of nitrogens with zero attached hydrogens (tertiary/aromatic N) is 3. The molecule has 0 amide bonds. The molecule has 0 saturated carbocycles. The molecule has 182 valence electrons. The molecule has 33 heavy (non-hydrogen) atoms. The van der Waals surface area contributed by atoms with Gasteiger partial charge in [-0.2, -0.15) is 63.0 Å². The Morgan fingerprint density at radius 3 is 1.97 bits per heavy atom. The van der Waals surface area contributed by atoms with Crippen LogP contribution in [0.2, 0.25) is 0 Å². The molecule has 1 aromatic carbocycles. The zero-order chi connectivity index (χ0) is 25.6. The van der Waals surface area contributed by atoms with Crippen LogP contribution in [0.25, 0.3) is 11.3 Å². The minimum Gasteiger partial charge on any atom is -0.267 e. The van der Waals surface area contributed by atoms with Gasteiger partial charge in [0.05, 0.1) is 17.0 Å². The van der Waals surface area contributed by atoms with Gasteiger partial charge in [0.15, 0.2) is 0 Å². The lowest BCUT2D eigenvalue weighted by Gasteiger charge is -2.32. The van der Waals surface area contributed by atoms with E-state index in [0.29, 0.717) is 4.68 Å². The third-order valence-corrected chi connectivity index (χ3v) is 5.26. The highest BCUT2D eigenvalue weighted by Gasteiger charge is 2.82. The number of thioether (sulfide) groups is 1. The number of alkyl halides is 12. The van der Waals surface area contributed by atoms with E-state index in [4.69, 9.17) is 5.26 Å². The lowest BCUT2D eigenvalue weighted by molar-refractivity contribution is -0.400. The van der Waals surface area contributed by atoms with Crippen LogP contribution in [0, 0.1) is 11.3 Å². The van der Waals surface area contributed by atoms with E-state index in [-0.39, 0.29) is 33.9 Å². The van der Waals surface area contributed by atoms with Crippen molar-refractivity contribution in [3.63, 3.8) is 0 Å². The van der Waals surface area contributed by atoms with Crippen LogP contribution in [0.15, 0.2) is 29.2 Å². The predicted molar refractivity (Wildman–Crippen MR) is 90.0 cm³/mol. The Balaban J connectivity index is 2.54. The van der Waals surface area contributed by atoms with Gasteiger partial charge in [0.25, 0.3) is 0 Å². The van der Waals surface area contributed by atoms with E-state index in [2.05, 4.69) is 5.10 Å². The molecule has 1 aromatic heterocycles. The average Bonchev–Trinajstić information content (AvgIpc) is 3.06. The maximum Gasteiger partial charge on any atom is 0.460 e. The van der Waals surface area contributed by atoms with Crippen molar-refractivity contribution in [2.24, 2.45) is 7.05 Å². The molecule has 0 aliphatic rings. The molecule has 1 heterocycles. The first-order valence-electron chi connectivity index (χ1n) is 8.25. The highest BCUT2D eigenvalue weighted by molar-refractivity contribution is 7.99. The van der Waals surface area contributed by atoms with Crippen molar-refractivity contribution in [1.82, 2.24) is 9.78 Å². The summed E-state index contributed by atoms with van der Waals surface area (Å²) >= 11 is 0.146. The number of nitriles is 1. The molecule has 16 heteroatoms. The first-order valence-corrected chi connectivity index (χ1v) is 9.23. The quantitative estimate of drug-likeness (QED) is 0.324. The van der Waals surface area contributed by atoms with E-state index in [1.807, 2.05) is 0 Å². The molecule has 0 N–H and O–H groups in total. The normalized spacial score (nSPS) is 13.8. The van der Waals surface area contributed by atoms with Crippen molar-refractivity contribution in [1.29, 1.82) is 5.26 Å². The zero-order valence-electron chi connectivity index (χ0n) is 15.8. The molecule has 0 radical (unpaired) electrons. The third-order valence-electron chi connectivity index (χ3n) is 4.14. The number of aromatic nitrogens is 2. The fourth-order valence-corrected chi connectivity index (χ4v) is 3.28. The van der Waals surface area contributed by atoms with E-state index in [1.54, 1.807) is 6.07 Å². The Kier molecular flexibility index (Phi) is 6.74. The van der Waals surface area contributed by atoms with E-state index in [0.717, 1.165) is 25.2 Å². The van der Waals surface area contributed by atoms with Crippen molar-refractivity contribution in [3.05, 3.63) is 35.5 Å². The summed E-state index contributed by atoms with van der Waals surface area (Å²) in [5.74, 6) is -21.6. The van der Waals surface area contributed by atoms with Crippen molar-refractivity contribution in [2.45, 2.75) is 35.0 Å². The van der Waals surface area contributed by atoms with Gasteiger partial charge in [-0.3, -0.25) is 4.68 Å². The summed E-state index contributed by atoms with van der Waals surface area (Å²) in [4.78, 5) is -0.282. The number of hydrogen-bond acceptors (Lipinski definition) is 3. The lowest BCUT2D eigenvalue weighted by Crippen LogP contribution is -2.59. The van der Waals surface area contributed by atoms with Crippen LogP contribution >= 0.6 is 11.8 Å². The molecule has 2 rings (SSSR count). The molecule has 0 atom stereocenters. The van der Waals surface area contributed by atoms with Crippen LogP contribution in [0.5, 0.6) is 0 Å². The molecule has 3 nitrogen and oxygen atoms in total. The maximum atomic E-state index is 14.1. The zero-order valence-corrected chi connectivity index (χ0v) is 16.6. The van der Waals surface area contributed by atoms with Gasteiger partial charge in [-0.1, -0.05) is 6.07 Å². The van der Waals surface area contributed by atoms with Crippen LogP contribution in [0.1, 0.15) is 11.3 Å². The topological polar surface area (TPSA) is 41.6 Å². The van der Waals surface area contributed by atoms with Gasteiger partial charge in [-0.25, -0.2) is 0 Å². The van der Waals surface area contributed by atoms with Gasteiger partial charge < -0.3 is 0 Å². The highest BCUT2D eigenvalue weighted by atomic mass is 32.2. The highest BCUT2D eigenvalue weighted by Crippen LogP contribution is 2.56. The predicted octanol–water partition coefficient (Wildman–Crippen LogP) is 6.54. The summed E-state index contributed by atoms with van der Waals surface area (Å²) in [5.41, 5.74) is -3.17. The second-order valence-corrected chi connectivity index (χ2v) is 7.50. The standard InChI is InChI=1S/C17H9F12N3S/c1-32-10(8-2-3-9(6-30)11(4-8)33-7-13(18,19)20)5-12(31-32)14(21,22)15(23,24)16(25,26)17(27,28)29/h2-5H,7H2,1H3. The molecular formula is C17H9F12N3S. The monoisotopic (exact) mass is 515 g/mol. The largest absolute Gasteiger partial charge is 0.460 e. The second-order valence-electron chi connectivity index (χ2n) is 6.49. The smallest absolute Gasteiger partial charge is 0.267 e. The summed E-state index contributed by atoms with van der Waals surface area (Å²) in [5, 5.41) is 11.9. The Hall–Kier alpha value is -2.57. The number of hydrogen-bond donors (Lipinski definition) is 0. The van der Waals surface area contributed by atoms with Gasteiger partial charge >= 0.3 is 30.1 Å². The van der Waals surface area contributed by atoms with Crippen LogP contribution in [-0.4, -0.2) is 39.7 Å². The molecule has 0 bridgehead atoms. The molecule has 2 aromatic rings. The van der Waals surface area contributed by atoms with Crippen LogP contribution in [-0.2, 0) is 13.0 Å². The van der Waals surface area contributed by atoms with E-state index in [9.17, 15) is 52.7 Å². The van der Waals surface area contributed by atoms with Gasteiger partial charge in [0.1, 0.15) is 11.8 Å². The molecule has 0 spiro atoms. The average molecular weight is 515 g/mol. The Bertz CT molecular complexity index is 1060. The minimum absolute atomic E-state index is 0.0972. The number of benzene rings is 1. The molecule has 0 fully saturated rings. The minimum atomic E-state index is -7.11. The van der Waals surface area contributed by atoms with E-state index >= 15 is 0 Å². The fourth-order valence-electron chi connectivity index (χ4n) is 2.48. The van der Waals surface area contributed by atoms with Crippen LogP contribution in [0.3, 0.4) is 0 Å². The summed E-state index contributed by atoms with van der Waals surface area (Å²) < 4.78 is 157. The van der Waals surface area contributed by atoms with Crippen molar-refractivity contribution in [2.75, 3.05) is 5.75 Å².